The highest BCUT2D eigenvalue weighted by atomic mass is 79.9. The Hall–Kier alpha value is -3.07. The predicted octanol–water partition coefficient (Wildman–Crippen LogP) is 2.98. The Kier molecular flexibility index (Phi) is 4.81. The second kappa shape index (κ2) is 7.04. The summed E-state index contributed by atoms with van der Waals surface area (Å²) in [5, 5.41) is 13.7. The van der Waals surface area contributed by atoms with Crippen LogP contribution in [0, 0.1) is 10.1 Å². The molecule has 0 aliphatic carbocycles. The van der Waals surface area contributed by atoms with Crippen LogP contribution in [0.4, 0.5) is 11.4 Å². The monoisotopic (exact) mass is 417 g/mol. The maximum absolute atomic E-state index is 12.4. The molecule has 2 aromatic rings. The van der Waals surface area contributed by atoms with Gasteiger partial charge in [-0.2, -0.15) is 0 Å². The van der Waals surface area contributed by atoms with Crippen LogP contribution in [-0.2, 0) is 4.79 Å². The van der Waals surface area contributed by atoms with Gasteiger partial charge in [-0.25, -0.2) is 0 Å². The van der Waals surface area contributed by atoms with Gasteiger partial charge in [0.25, 0.3) is 17.5 Å². The highest BCUT2D eigenvalue weighted by molar-refractivity contribution is 9.10. The number of anilines is 1. The number of nitro benzene ring substituents is 1. The van der Waals surface area contributed by atoms with Crippen molar-refractivity contribution < 1.29 is 19.3 Å². The van der Waals surface area contributed by atoms with Crippen molar-refractivity contribution in [2.24, 2.45) is 0 Å². The second-order valence-corrected chi connectivity index (χ2v) is 6.35. The summed E-state index contributed by atoms with van der Waals surface area (Å²) < 4.78 is 0.699. The molecule has 132 valence electrons. The fourth-order valence-electron chi connectivity index (χ4n) is 2.66. The third-order valence-corrected chi connectivity index (χ3v) is 4.58. The zero-order valence-corrected chi connectivity index (χ0v) is 14.9. The highest BCUT2D eigenvalue weighted by Crippen LogP contribution is 2.30. The number of halogens is 1. The van der Waals surface area contributed by atoms with Crippen LogP contribution < -0.4 is 5.32 Å². The Labute approximate surface area is 156 Å². The van der Waals surface area contributed by atoms with Gasteiger partial charge in [0.1, 0.15) is 5.56 Å². The second-order valence-electron chi connectivity index (χ2n) is 5.50. The van der Waals surface area contributed by atoms with Crippen LogP contribution in [0.1, 0.15) is 27.1 Å². The lowest BCUT2D eigenvalue weighted by molar-refractivity contribution is -0.385. The number of carbonyl (C=O) groups is 3. The first-order chi connectivity index (χ1) is 12.4. The topological polar surface area (TPSA) is 110 Å². The number of nitrogens with one attached hydrogen (secondary N) is 1. The number of carbonyl (C=O) groups excluding carboxylic acids is 3. The molecular weight excluding hydrogens is 406 g/mol. The molecule has 8 nitrogen and oxygen atoms in total. The number of amides is 3. The molecule has 0 radical (unpaired) electrons. The first kappa shape index (κ1) is 17.7. The number of hydrogen-bond acceptors (Lipinski definition) is 5. The summed E-state index contributed by atoms with van der Waals surface area (Å²) in [5.74, 6) is -1.78. The van der Waals surface area contributed by atoms with E-state index in [-0.39, 0.29) is 30.0 Å². The molecule has 3 rings (SSSR count). The zero-order chi connectivity index (χ0) is 18.8. The van der Waals surface area contributed by atoms with Crippen molar-refractivity contribution in [1.29, 1.82) is 0 Å². The smallest absolute Gasteiger partial charge is 0.282 e. The lowest BCUT2D eigenvalue weighted by Crippen LogP contribution is -2.33. The minimum atomic E-state index is -0.758. The molecular formula is C17H12BrN3O5. The first-order valence-electron chi connectivity index (χ1n) is 7.58. The van der Waals surface area contributed by atoms with E-state index in [4.69, 9.17) is 0 Å². The molecule has 0 saturated heterocycles. The van der Waals surface area contributed by atoms with Crippen LogP contribution in [0.3, 0.4) is 0 Å². The third kappa shape index (κ3) is 3.21. The van der Waals surface area contributed by atoms with Crippen molar-refractivity contribution in [3.8, 4) is 0 Å². The van der Waals surface area contributed by atoms with Crippen LogP contribution in [0.5, 0.6) is 0 Å². The van der Waals surface area contributed by atoms with Gasteiger partial charge in [0.2, 0.25) is 5.91 Å². The van der Waals surface area contributed by atoms with E-state index in [1.807, 2.05) is 0 Å². The molecule has 9 heteroatoms. The number of hydrogen-bond donors (Lipinski definition) is 1. The Morgan fingerprint density at radius 3 is 2.54 bits per heavy atom. The lowest BCUT2D eigenvalue weighted by atomic mass is 10.1. The Bertz CT molecular complexity index is 944. The largest absolute Gasteiger partial charge is 0.325 e. The van der Waals surface area contributed by atoms with Crippen molar-refractivity contribution in [1.82, 2.24) is 4.90 Å². The highest BCUT2D eigenvalue weighted by Gasteiger charge is 2.40. The molecule has 0 aromatic heterocycles. The van der Waals surface area contributed by atoms with Gasteiger partial charge < -0.3 is 5.32 Å². The summed E-state index contributed by atoms with van der Waals surface area (Å²) in [6, 6.07) is 10.9. The summed E-state index contributed by atoms with van der Waals surface area (Å²) in [7, 11) is 0. The molecule has 0 unspecified atom stereocenters. The molecule has 26 heavy (non-hydrogen) atoms. The van der Waals surface area contributed by atoms with E-state index in [1.165, 1.54) is 18.2 Å². The summed E-state index contributed by atoms with van der Waals surface area (Å²) in [6.07, 6.45) is -0.124. The van der Waals surface area contributed by atoms with Crippen molar-refractivity contribution in [3.63, 3.8) is 0 Å². The summed E-state index contributed by atoms with van der Waals surface area (Å²) >= 11 is 3.31. The van der Waals surface area contributed by atoms with Gasteiger partial charge in [-0.05, 0) is 34.1 Å². The van der Waals surface area contributed by atoms with Gasteiger partial charge in [-0.3, -0.25) is 29.4 Å². The van der Waals surface area contributed by atoms with Crippen molar-refractivity contribution >= 4 is 45.0 Å². The number of benzene rings is 2. The van der Waals surface area contributed by atoms with Crippen LogP contribution in [0.15, 0.2) is 46.9 Å². The fraction of sp³-hybridized carbons (Fsp3) is 0.118. The van der Waals surface area contributed by atoms with E-state index >= 15 is 0 Å². The number of rotatable bonds is 5. The Morgan fingerprint density at radius 1 is 1.12 bits per heavy atom. The third-order valence-electron chi connectivity index (χ3n) is 3.88. The number of imide groups is 1. The maximum Gasteiger partial charge on any atom is 0.282 e. The van der Waals surface area contributed by atoms with E-state index in [1.54, 1.807) is 24.3 Å². The molecule has 0 fully saturated rings. The average molecular weight is 418 g/mol. The molecule has 1 N–H and O–H groups in total. The van der Waals surface area contributed by atoms with Crippen LogP contribution in [0.2, 0.25) is 0 Å². The van der Waals surface area contributed by atoms with E-state index in [0.717, 1.165) is 4.90 Å². The van der Waals surface area contributed by atoms with Gasteiger partial charge >= 0.3 is 0 Å². The minimum absolute atomic E-state index is 0.0181. The number of nitrogens with zero attached hydrogens (tertiary/aromatic N) is 2. The molecule has 0 spiro atoms. The van der Waals surface area contributed by atoms with Crippen LogP contribution in [0.25, 0.3) is 0 Å². The average Bonchev–Trinajstić information content (AvgIpc) is 2.86. The zero-order valence-electron chi connectivity index (χ0n) is 13.3. The summed E-state index contributed by atoms with van der Waals surface area (Å²) in [4.78, 5) is 48.1. The van der Waals surface area contributed by atoms with E-state index < -0.39 is 22.4 Å². The van der Waals surface area contributed by atoms with Gasteiger partial charge in [0, 0.05) is 23.5 Å². The Morgan fingerprint density at radius 2 is 1.85 bits per heavy atom. The minimum Gasteiger partial charge on any atom is -0.325 e. The fourth-order valence-corrected chi connectivity index (χ4v) is 3.04. The van der Waals surface area contributed by atoms with E-state index in [2.05, 4.69) is 21.2 Å². The summed E-state index contributed by atoms with van der Waals surface area (Å²) in [6.45, 7) is -0.167. The Balaban J connectivity index is 1.72. The van der Waals surface area contributed by atoms with Crippen LogP contribution in [-0.4, -0.2) is 34.1 Å². The predicted molar refractivity (Wildman–Crippen MR) is 95.9 cm³/mol. The number of para-hydroxylation sites is 1. The van der Waals surface area contributed by atoms with Crippen molar-refractivity contribution in [2.45, 2.75) is 6.42 Å². The van der Waals surface area contributed by atoms with Crippen LogP contribution >= 0.6 is 15.9 Å². The van der Waals surface area contributed by atoms with E-state index in [0.29, 0.717) is 10.2 Å². The van der Waals surface area contributed by atoms with Gasteiger partial charge in [-0.1, -0.05) is 18.2 Å². The lowest BCUT2D eigenvalue weighted by Gasteiger charge is -2.13. The summed E-state index contributed by atoms with van der Waals surface area (Å²) in [5.41, 5.74) is -0.0966. The maximum atomic E-state index is 12.4. The molecule has 0 bridgehead atoms. The molecule has 1 aliphatic heterocycles. The van der Waals surface area contributed by atoms with Crippen molar-refractivity contribution in [2.75, 3.05) is 11.9 Å². The quantitative estimate of drug-likeness (QED) is 0.456. The molecule has 3 amide bonds. The molecule has 2 aromatic carbocycles. The van der Waals surface area contributed by atoms with Gasteiger partial charge in [-0.15, -0.1) is 0 Å². The SMILES string of the molecule is O=C(CCN1C(=O)c2cccc([N+](=O)[O-])c2C1=O)Nc1ccccc1Br. The molecule has 1 aliphatic rings. The standard InChI is InChI=1S/C17H12BrN3O5/c18-11-5-1-2-6-12(11)19-14(22)8-9-20-16(23)10-4-3-7-13(21(25)26)15(10)17(20)24/h1-7H,8-9H2,(H,19,22). The molecule has 0 saturated carbocycles. The molecule has 1 heterocycles. The van der Waals surface area contributed by atoms with Crippen molar-refractivity contribution in [3.05, 3.63) is 68.2 Å². The number of nitro groups is 1. The number of fused-ring (bicyclic) bond motifs is 1. The van der Waals surface area contributed by atoms with Gasteiger partial charge in [0.05, 0.1) is 16.2 Å². The molecule has 0 atom stereocenters. The van der Waals surface area contributed by atoms with E-state index in [9.17, 15) is 24.5 Å². The van der Waals surface area contributed by atoms with Gasteiger partial charge in [0.15, 0.2) is 0 Å². The first-order valence-corrected chi connectivity index (χ1v) is 8.37. The normalized spacial score (nSPS) is 12.9.